The maximum absolute atomic E-state index is 12.9. The number of nitrogens with one attached hydrogen (secondary N) is 1. The molecule has 1 heterocycles. The highest BCUT2D eigenvalue weighted by molar-refractivity contribution is 5.76. The monoisotopic (exact) mass is 738 g/mol. The van der Waals surface area contributed by atoms with Crippen molar-refractivity contribution in [3.05, 3.63) is 36.5 Å². The van der Waals surface area contributed by atoms with Gasteiger partial charge >= 0.3 is 0 Å². The SMILES string of the molecule is CCCCCCCC/C=C/CC/C=C/[C@@H](O)[C@H](CO[C@H]1O[C@@H](CO)[C@H](O)C(O)C1O)NC(=O)CCCCCCCCC/C=C/CCCCCCCC. The Morgan fingerprint density at radius 1 is 0.635 bits per heavy atom. The number of allylic oxidation sites excluding steroid dienone is 5. The fourth-order valence-electron chi connectivity index (χ4n) is 6.46. The van der Waals surface area contributed by atoms with Gasteiger partial charge in [0.25, 0.3) is 0 Å². The molecule has 1 aliphatic rings. The van der Waals surface area contributed by atoms with Gasteiger partial charge in [-0.1, -0.05) is 147 Å². The predicted molar refractivity (Wildman–Crippen MR) is 212 cm³/mol. The van der Waals surface area contributed by atoms with Gasteiger partial charge in [0.1, 0.15) is 24.4 Å². The minimum absolute atomic E-state index is 0.194. The van der Waals surface area contributed by atoms with Crippen molar-refractivity contribution in [2.75, 3.05) is 13.2 Å². The molecule has 1 amide bonds. The van der Waals surface area contributed by atoms with E-state index in [1.165, 1.54) is 103 Å². The summed E-state index contributed by atoms with van der Waals surface area (Å²) in [6.07, 6.45) is 33.3. The van der Waals surface area contributed by atoms with Crippen LogP contribution in [0.3, 0.4) is 0 Å². The molecule has 1 rings (SSSR count). The Kier molecular flexibility index (Phi) is 31.6. The predicted octanol–water partition coefficient (Wildman–Crippen LogP) is 8.11. The molecule has 0 spiro atoms. The highest BCUT2D eigenvalue weighted by Crippen LogP contribution is 2.22. The summed E-state index contributed by atoms with van der Waals surface area (Å²) in [6, 6.07) is -0.820. The molecular weight excluding hydrogens is 658 g/mol. The first kappa shape index (κ1) is 48.4. The molecule has 0 radical (unpaired) electrons. The standard InChI is InChI=1S/C43H79NO8/c1-3-5-7-9-11-13-15-17-18-19-20-21-23-25-27-29-31-33-39(47)44-36(35-51-43-42(50)41(49)40(48)38(34-45)52-43)37(46)32-30-28-26-24-22-16-14-12-10-8-6-4-2/h17-18,22,24,30,32,36-38,40-43,45-46,48-50H,3-16,19-21,23,25-29,31,33-35H2,1-2H3,(H,44,47)/b18-17+,24-22+,32-30+/t36-,37+,38-,40-,41?,42?,43-/m0/s1. The van der Waals surface area contributed by atoms with Crippen molar-refractivity contribution < 1.29 is 39.8 Å². The summed E-state index contributed by atoms with van der Waals surface area (Å²) in [6.45, 7) is 3.71. The van der Waals surface area contributed by atoms with Gasteiger partial charge in [-0.2, -0.15) is 0 Å². The summed E-state index contributed by atoms with van der Waals surface area (Å²) < 4.78 is 11.2. The largest absolute Gasteiger partial charge is 0.394 e. The molecule has 0 aliphatic carbocycles. The van der Waals surface area contributed by atoms with E-state index in [2.05, 4.69) is 43.5 Å². The average molecular weight is 738 g/mol. The van der Waals surface area contributed by atoms with Gasteiger partial charge in [-0.15, -0.1) is 0 Å². The van der Waals surface area contributed by atoms with Crippen molar-refractivity contribution in [1.82, 2.24) is 5.32 Å². The fraction of sp³-hybridized carbons (Fsp3) is 0.837. The first-order valence-corrected chi connectivity index (χ1v) is 21.2. The van der Waals surface area contributed by atoms with E-state index in [4.69, 9.17) is 9.47 Å². The molecule has 9 heteroatoms. The lowest BCUT2D eigenvalue weighted by atomic mass is 9.99. The van der Waals surface area contributed by atoms with Gasteiger partial charge in [0, 0.05) is 6.42 Å². The molecule has 0 saturated carbocycles. The smallest absolute Gasteiger partial charge is 0.220 e. The third-order valence-electron chi connectivity index (χ3n) is 9.94. The minimum atomic E-state index is -1.57. The number of hydrogen-bond donors (Lipinski definition) is 6. The van der Waals surface area contributed by atoms with Crippen LogP contribution in [-0.2, 0) is 14.3 Å². The molecule has 52 heavy (non-hydrogen) atoms. The third kappa shape index (κ3) is 24.7. The van der Waals surface area contributed by atoms with Gasteiger partial charge in [-0.25, -0.2) is 0 Å². The second-order valence-electron chi connectivity index (χ2n) is 14.8. The molecule has 0 aromatic heterocycles. The van der Waals surface area contributed by atoms with Gasteiger partial charge in [0.2, 0.25) is 5.91 Å². The number of ether oxygens (including phenoxy) is 2. The van der Waals surface area contributed by atoms with Crippen molar-refractivity contribution in [3.63, 3.8) is 0 Å². The summed E-state index contributed by atoms with van der Waals surface area (Å²) in [5, 5.41) is 54.0. The Labute approximate surface area is 317 Å². The Morgan fingerprint density at radius 2 is 1.10 bits per heavy atom. The van der Waals surface area contributed by atoms with E-state index in [9.17, 15) is 30.3 Å². The van der Waals surface area contributed by atoms with Crippen LogP contribution < -0.4 is 5.32 Å². The molecule has 2 unspecified atom stereocenters. The number of carbonyl (C=O) groups is 1. The lowest BCUT2D eigenvalue weighted by Crippen LogP contribution is -2.60. The van der Waals surface area contributed by atoms with Crippen LogP contribution in [0.15, 0.2) is 36.5 Å². The van der Waals surface area contributed by atoms with E-state index in [0.717, 1.165) is 51.4 Å². The van der Waals surface area contributed by atoms with Crippen LogP contribution in [0.1, 0.15) is 174 Å². The van der Waals surface area contributed by atoms with E-state index < -0.39 is 49.5 Å². The molecule has 304 valence electrons. The second kappa shape index (κ2) is 33.9. The van der Waals surface area contributed by atoms with Crippen molar-refractivity contribution in [2.45, 2.75) is 217 Å². The number of aliphatic hydroxyl groups excluding tert-OH is 5. The minimum Gasteiger partial charge on any atom is -0.394 e. The number of amides is 1. The van der Waals surface area contributed by atoms with E-state index >= 15 is 0 Å². The van der Waals surface area contributed by atoms with E-state index in [1.807, 2.05) is 6.08 Å². The molecule has 0 aromatic rings. The van der Waals surface area contributed by atoms with Crippen LogP contribution in [0, 0.1) is 0 Å². The van der Waals surface area contributed by atoms with E-state index in [0.29, 0.717) is 6.42 Å². The lowest BCUT2D eigenvalue weighted by molar-refractivity contribution is -0.302. The number of hydrogen-bond acceptors (Lipinski definition) is 8. The second-order valence-corrected chi connectivity index (χ2v) is 14.8. The number of aliphatic hydroxyl groups is 5. The average Bonchev–Trinajstić information content (AvgIpc) is 3.14. The van der Waals surface area contributed by atoms with Crippen molar-refractivity contribution in [2.24, 2.45) is 0 Å². The number of carbonyl (C=O) groups excluding carboxylic acids is 1. The Morgan fingerprint density at radius 3 is 1.62 bits per heavy atom. The maximum atomic E-state index is 12.9. The molecule has 1 aliphatic heterocycles. The summed E-state index contributed by atoms with van der Waals surface area (Å²) >= 11 is 0. The molecule has 7 atom stereocenters. The van der Waals surface area contributed by atoms with Gasteiger partial charge < -0.3 is 40.3 Å². The zero-order valence-corrected chi connectivity index (χ0v) is 33.1. The topological polar surface area (TPSA) is 149 Å². The highest BCUT2D eigenvalue weighted by atomic mass is 16.7. The van der Waals surface area contributed by atoms with Crippen LogP contribution in [-0.4, -0.2) is 87.5 Å². The first-order chi connectivity index (χ1) is 25.3. The van der Waals surface area contributed by atoms with Crippen molar-refractivity contribution in [1.29, 1.82) is 0 Å². The Bertz CT molecular complexity index is 910. The zero-order chi connectivity index (χ0) is 38.1. The first-order valence-electron chi connectivity index (χ1n) is 21.2. The van der Waals surface area contributed by atoms with Crippen LogP contribution in [0.25, 0.3) is 0 Å². The summed E-state index contributed by atoms with van der Waals surface area (Å²) in [4.78, 5) is 12.9. The number of unbranched alkanes of at least 4 members (excludes halogenated alkanes) is 20. The molecular formula is C43H79NO8. The van der Waals surface area contributed by atoms with Crippen molar-refractivity contribution in [3.8, 4) is 0 Å². The summed E-state index contributed by atoms with van der Waals surface area (Å²) in [5.41, 5.74) is 0. The van der Waals surface area contributed by atoms with Crippen LogP contribution in [0.2, 0.25) is 0 Å². The zero-order valence-electron chi connectivity index (χ0n) is 33.1. The Balaban J connectivity index is 2.41. The van der Waals surface area contributed by atoms with E-state index in [1.54, 1.807) is 6.08 Å². The van der Waals surface area contributed by atoms with Gasteiger partial charge in [0.05, 0.1) is 25.4 Å². The molecule has 0 bridgehead atoms. The summed E-state index contributed by atoms with van der Waals surface area (Å²) in [7, 11) is 0. The summed E-state index contributed by atoms with van der Waals surface area (Å²) in [5.74, 6) is -0.194. The molecule has 0 aromatic carbocycles. The van der Waals surface area contributed by atoms with Gasteiger partial charge in [-0.3, -0.25) is 4.79 Å². The van der Waals surface area contributed by atoms with Crippen LogP contribution >= 0.6 is 0 Å². The van der Waals surface area contributed by atoms with E-state index in [-0.39, 0.29) is 12.5 Å². The molecule has 1 fully saturated rings. The Hall–Kier alpha value is -1.59. The van der Waals surface area contributed by atoms with Crippen LogP contribution in [0.4, 0.5) is 0 Å². The van der Waals surface area contributed by atoms with Gasteiger partial charge in [0.15, 0.2) is 6.29 Å². The molecule has 9 nitrogen and oxygen atoms in total. The quantitative estimate of drug-likeness (QED) is 0.0287. The molecule has 1 saturated heterocycles. The maximum Gasteiger partial charge on any atom is 0.220 e. The van der Waals surface area contributed by atoms with Gasteiger partial charge in [-0.05, 0) is 57.8 Å². The van der Waals surface area contributed by atoms with Crippen molar-refractivity contribution >= 4 is 5.91 Å². The fourth-order valence-corrected chi connectivity index (χ4v) is 6.46. The normalized spacial score (nSPS) is 22.2. The third-order valence-corrected chi connectivity index (χ3v) is 9.94. The lowest BCUT2D eigenvalue weighted by Gasteiger charge is -2.40. The number of rotatable bonds is 34. The highest BCUT2D eigenvalue weighted by Gasteiger charge is 2.44. The van der Waals surface area contributed by atoms with Crippen LogP contribution in [0.5, 0.6) is 0 Å². The molecule has 6 N–H and O–H groups in total.